The fourth-order valence-corrected chi connectivity index (χ4v) is 3.31. The lowest BCUT2D eigenvalue weighted by Gasteiger charge is -2.22. The fraction of sp³-hybridized carbons (Fsp3) is 0.333. The molecule has 0 spiro atoms. The summed E-state index contributed by atoms with van der Waals surface area (Å²) in [5, 5.41) is 16.8. The van der Waals surface area contributed by atoms with Crippen LogP contribution in [0.5, 0.6) is 5.75 Å². The largest absolute Gasteiger partial charge is 0.497 e. The van der Waals surface area contributed by atoms with Crippen molar-refractivity contribution in [2.24, 2.45) is 0 Å². The predicted molar refractivity (Wildman–Crippen MR) is 92.4 cm³/mol. The van der Waals surface area contributed by atoms with Gasteiger partial charge in [-0.15, -0.1) is 11.3 Å². The van der Waals surface area contributed by atoms with Crippen LogP contribution in [-0.4, -0.2) is 22.4 Å². The number of benzene rings is 1. The molecule has 0 bridgehead atoms. The highest BCUT2D eigenvalue weighted by Gasteiger charge is 2.27. The third kappa shape index (κ3) is 3.49. The molecule has 3 aromatic rings. The van der Waals surface area contributed by atoms with Gasteiger partial charge in [0.1, 0.15) is 5.75 Å². The molecule has 0 radical (unpaired) electrons. The Labute approximate surface area is 144 Å². The summed E-state index contributed by atoms with van der Waals surface area (Å²) in [4.78, 5) is 5.63. The maximum Gasteiger partial charge on any atom is 0.234 e. The van der Waals surface area contributed by atoms with Crippen LogP contribution in [-0.2, 0) is 12.0 Å². The molecule has 0 aliphatic heterocycles. The van der Waals surface area contributed by atoms with Gasteiger partial charge in [-0.1, -0.05) is 23.4 Å². The van der Waals surface area contributed by atoms with Crippen LogP contribution in [0.25, 0.3) is 0 Å². The van der Waals surface area contributed by atoms with E-state index in [4.69, 9.17) is 9.26 Å². The molecule has 0 saturated heterocycles. The molecule has 1 N–H and O–H groups in total. The zero-order valence-corrected chi connectivity index (χ0v) is 14.7. The van der Waals surface area contributed by atoms with E-state index in [1.165, 1.54) is 4.88 Å². The zero-order chi connectivity index (χ0) is 17.2. The molecule has 0 fully saturated rings. The first-order valence-electron chi connectivity index (χ1n) is 7.72. The lowest BCUT2D eigenvalue weighted by atomic mass is 9.92. The molecule has 2 aromatic heterocycles. The topological polar surface area (TPSA) is 68.4 Å². The molecular weight excluding hydrogens is 324 g/mol. The van der Waals surface area contributed by atoms with Gasteiger partial charge >= 0.3 is 0 Å². The lowest BCUT2D eigenvalue weighted by Crippen LogP contribution is -2.24. The van der Waals surface area contributed by atoms with Gasteiger partial charge in [-0.05, 0) is 43.0 Å². The van der Waals surface area contributed by atoms with Gasteiger partial charge in [0.05, 0.1) is 18.6 Å². The van der Waals surface area contributed by atoms with Crippen LogP contribution >= 0.6 is 11.3 Å². The minimum Gasteiger partial charge on any atom is -0.497 e. The van der Waals surface area contributed by atoms with E-state index in [9.17, 15) is 5.11 Å². The molecular formula is C18H20N2O3S. The Balaban J connectivity index is 1.75. The highest BCUT2D eigenvalue weighted by Crippen LogP contribution is 2.29. The van der Waals surface area contributed by atoms with Crippen molar-refractivity contribution in [3.05, 3.63) is 63.9 Å². The van der Waals surface area contributed by atoms with Crippen LogP contribution in [0.1, 0.15) is 41.9 Å². The van der Waals surface area contributed by atoms with E-state index in [0.717, 1.165) is 11.3 Å². The highest BCUT2D eigenvalue weighted by atomic mass is 32.1. The molecule has 6 heteroatoms. The summed E-state index contributed by atoms with van der Waals surface area (Å²) in [6, 6.07) is 11.4. The van der Waals surface area contributed by atoms with E-state index in [-0.39, 0.29) is 12.3 Å². The number of hydrogen-bond donors (Lipinski definition) is 1. The third-order valence-corrected chi connectivity index (χ3v) is 5.09. The smallest absolute Gasteiger partial charge is 0.234 e. The zero-order valence-electron chi connectivity index (χ0n) is 13.9. The van der Waals surface area contributed by atoms with Crippen LogP contribution < -0.4 is 4.74 Å². The van der Waals surface area contributed by atoms with Crippen molar-refractivity contribution < 1.29 is 14.4 Å². The van der Waals surface area contributed by atoms with Crippen molar-refractivity contribution in [2.75, 3.05) is 7.11 Å². The number of ether oxygens (including phenoxy) is 1. The van der Waals surface area contributed by atoms with Crippen molar-refractivity contribution in [3.63, 3.8) is 0 Å². The number of aliphatic hydroxyl groups is 1. The van der Waals surface area contributed by atoms with Gasteiger partial charge in [0.2, 0.25) is 5.89 Å². The van der Waals surface area contributed by atoms with E-state index in [1.54, 1.807) is 25.4 Å². The van der Waals surface area contributed by atoms with Crippen LogP contribution in [0.15, 0.2) is 46.3 Å². The van der Waals surface area contributed by atoms with Crippen molar-refractivity contribution in [2.45, 2.75) is 31.8 Å². The Bertz CT molecular complexity index is 779. The Hall–Kier alpha value is -2.18. The van der Waals surface area contributed by atoms with E-state index < -0.39 is 5.60 Å². The molecule has 0 amide bonds. The van der Waals surface area contributed by atoms with Gasteiger partial charge < -0.3 is 14.4 Å². The molecule has 2 unspecified atom stereocenters. The van der Waals surface area contributed by atoms with E-state index >= 15 is 0 Å². The van der Waals surface area contributed by atoms with Gasteiger partial charge in [0, 0.05) is 11.3 Å². The van der Waals surface area contributed by atoms with E-state index in [0.29, 0.717) is 11.7 Å². The number of nitrogens with zero attached hydrogens (tertiary/aromatic N) is 2. The number of aromatic nitrogens is 2. The van der Waals surface area contributed by atoms with Crippen molar-refractivity contribution in [1.82, 2.24) is 10.1 Å². The van der Waals surface area contributed by atoms with Gasteiger partial charge in [-0.2, -0.15) is 4.98 Å². The van der Waals surface area contributed by atoms with Crippen molar-refractivity contribution >= 4 is 11.3 Å². The van der Waals surface area contributed by atoms with Gasteiger partial charge in [0.25, 0.3) is 0 Å². The number of thiophene rings is 1. The van der Waals surface area contributed by atoms with Gasteiger partial charge in [0.15, 0.2) is 5.82 Å². The maximum atomic E-state index is 10.8. The summed E-state index contributed by atoms with van der Waals surface area (Å²) in [5.74, 6) is 1.87. The Morgan fingerprint density at radius 1 is 1.29 bits per heavy atom. The van der Waals surface area contributed by atoms with Crippen molar-refractivity contribution in [1.29, 1.82) is 0 Å². The second-order valence-electron chi connectivity index (χ2n) is 5.97. The van der Waals surface area contributed by atoms with Crippen LogP contribution in [0.2, 0.25) is 0 Å². The first-order chi connectivity index (χ1) is 11.5. The first kappa shape index (κ1) is 16.7. The second kappa shape index (κ2) is 6.75. The SMILES string of the molecule is COc1ccc(C(C)(O)Cc2noc(C(C)c3cccs3)n2)cc1. The number of rotatable bonds is 6. The number of hydrogen-bond acceptors (Lipinski definition) is 6. The monoisotopic (exact) mass is 344 g/mol. The fourth-order valence-electron chi connectivity index (χ4n) is 2.53. The minimum absolute atomic E-state index is 0.0529. The maximum absolute atomic E-state index is 10.8. The molecule has 24 heavy (non-hydrogen) atoms. The average molecular weight is 344 g/mol. The molecule has 0 aliphatic carbocycles. The number of methoxy groups -OCH3 is 1. The van der Waals surface area contributed by atoms with E-state index in [1.807, 2.05) is 48.7 Å². The molecule has 0 saturated carbocycles. The molecule has 2 atom stereocenters. The molecule has 3 rings (SSSR count). The summed E-state index contributed by atoms with van der Waals surface area (Å²) in [7, 11) is 1.61. The molecule has 0 aliphatic rings. The van der Waals surface area contributed by atoms with Crippen LogP contribution in [0, 0.1) is 0 Å². The summed E-state index contributed by atoms with van der Waals surface area (Å²) >= 11 is 1.66. The quantitative estimate of drug-likeness (QED) is 0.738. The summed E-state index contributed by atoms with van der Waals surface area (Å²) in [5.41, 5.74) is -0.305. The van der Waals surface area contributed by atoms with Crippen LogP contribution in [0.4, 0.5) is 0 Å². The Kier molecular flexibility index (Phi) is 4.69. The first-order valence-corrected chi connectivity index (χ1v) is 8.60. The summed E-state index contributed by atoms with van der Waals surface area (Å²) in [6.45, 7) is 3.78. The summed E-state index contributed by atoms with van der Waals surface area (Å²) in [6.07, 6.45) is 0.278. The lowest BCUT2D eigenvalue weighted by molar-refractivity contribution is 0.0548. The van der Waals surface area contributed by atoms with Gasteiger partial charge in [-0.3, -0.25) is 0 Å². The normalized spacial score (nSPS) is 15.0. The standard InChI is InChI=1S/C18H20N2O3S/c1-12(15-5-4-10-24-15)17-19-16(20-23-17)11-18(2,21)13-6-8-14(22-3)9-7-13/h4-10,12,21H,11H2,1-3H3. The molecule has 126 valence electrons. The summed E-state index contributed by atoms with van der Waals surface area (Å²) < 4.78 is 10.5. The predicted octanol–water partition coefficient (Wildman–Crippen LogP) is 3.74. The second-order valence-corrected chi connectivity index (χ2v) is 6.94. The average Bonchev–Trinajstić information content (AvgIpc) is 3.25. The Morgan fingerprint density at radius 3 is 2.67 bits per heavy atom. The van der Waals surface area contributed by atoms with E-state index in [2.05, 4.69) is 10.1 Å². The van der Waals surface area contributed by atoms with Crippen molar-refractivity contribution in [3.8, 4) is 5.75 Å². The third-order valence-electron chi connectivity index (χ3n) is 4.04. The Morgan fingerprint density at radius 2 is 2.04 bits per heavy atom. The highest BCUT2D eigenvalue weighted by molar-refractivity contribution is 7.10. The molecule has 5 nitrogen and oxygen atoms in total. The van der Waals surface area contributed by atoms with Crippen LogP contribution in [0.3, 0.4) is 0 Å². The molecule has 2 heterocycles. The molecule has 1 aromatic carbocycles. The van der Waals surface area contributed by atoms with Gasteiger partial charge in [-0.25, -0.2) is 0 Å². The minimum atomic E-state index is -1.08.